The van der Waals surface area contributed by atoms with Gasteiger partial charge in [0.2, 0.25) is 0 Å². The average molecular weight is 179 g/mol. The van der Waals surface area contributed by atoms with Gasteiger partial charge in [0.15, 0.2) is 0 Å². The first-order valence-electron chi connectivity index (χ1n) is 4.69. The van der Waals surface area contributed by atoms with E-state index in [2.05, 4.69) is 35.2 Å². The number of hydrogen-bond donors (Lipinski definition) is 1. The molecule has 72 valence electrons. The van der Waals surface area contributed by atoms with Crippen LogP contribution in [0, 0.1) is 0 Å². The second-order valence-corrected chi connectivity index (χ2v) is 3.44. The zero-order valence-corrected chi connectivity index (χ0v) is 8.54. The molecular formula is C10H17N3. The van der Waals surface area contributed by atoms with E-state index in [-0.39, 0.29) is 0 Å². The molecule has 13 heavy (non-hydrogen) atoms. The van der Waals surface area contributed by atoms with Gasteiger partial charge in [0, 0.05) is 24.4 Å². The first-order chi connectivity index (χ1) is 6.24. The van der Waals surface area contributed by atoms with E-state index in [9.17, 15) is 0 Å². The van der Waals surface area contributed by atoms with Crippen LogP contribution in [0.15, 0.2) is 12.4 Å². The van der Waals surface area contributed by atoms with Gasteiger partial charge in [-0.15, -0.1) is 0 Å². The second kappa shape index (κ2) is 4.92. The summed E-state index contributed by atoms with van der Waals surface area (Å²) in [7, 11) is 1.95. The monoisotopic (exact) mass is 179 g/mol. The first kappa shape index (κ1) is 10.1. The molecule has 1 aromatic rings. The average Bonchev–Trinajstić information content (AvgIpc) is 2.15. The SMILES string of the molecule is CNCCc1cc(C(C)C)ncn1. The van der Waals surface area contributed by atoms with Gasteiger partial charge >= 0.3 is 0 Å². The van der Waals surface area contributed by atoms with E-state index >= 15 is 0 Å². The van der Waals surface area contributed by atoms with E-state index in [0.29, 0.717) is 5.92 Å². The van der Waals surface area contributed by atoms with Gasteiger partial charge in [-0.25, -0.2) is 9.97 Å². The van der Waals surface area contributed by atoms with Crippen LogP contribution in [0.5, 0.6) is 0 Å². The van der Waals surface area contributed by atoms with Gasteiger partial charge in [0.05, 0.1) is 0 Å². The number of aromatic nitrogens is 2. The second-order valence-electron chi connectivity index (χ2n) is 3.44. The van der Waals surface area contributed by atoms with Crippen molar-refractivity contribution in [2.45, 2.75) is 26.2 Å². The molecule has 0 aliphatic rings. The Labute approximate surface area is 79.6 Å². The van der Waals surface area contributed by atoms with Crippen molar-refractivity contribution >= 4 is 0 Å². The van der Waals surface area contributed by atoms with Gasteiger partial charge < -0.3 is 5.32 Å². The minimum absolute atomic E-state index is 0.483. The van der Waals surface area contributed by atoms with Crippen molar-refractivity contribution in [1.29, 1.82) is 0 Å². The van der Waals surface area contributed by atoms with Crippen LogP contribution < -0.4 is 5.32 Å². The summed E-state index contributed by atoms with van der Waals surface area (Å²) in [6.07, 6.45) is 2.62. The smallest absolute Gasteiger partial charge is 0.115 e. The van der Waals surface area contributed by atoms with Gasteiger partial charge in [-0.1, -0.05) is 13.8 Å². The van der Waals surface area contributed by atoms with Crippen LogP contribution in [-0.4, -0.2) is 23.6 Å². The maximum atomic E-state index is 4.22. The third-order valence-electron chi connectivity index (χ3n) is 1.97. The highest BCUT2D eigenvalue weighted by molar-refractivity contribution is 5.11. The Balaban J connectivity index is 2.68. The van der Waals surface area contributed by atoms with Crippen LogP contribution in [-0.2, 0) is 6.42 Å². The molecule has 0 bridgehead atoms. The summed E-state index contributed by atoms with van der Waals surface area (Å²) in [5.74, 6) is 0.483. The molecule has 3 heteroatoms. The normalized spacial score (nSPS) is 10.8. The van der Waals surface area contributed by atoms with Crippen molar-refractivity contribution in [3.63, 3.8) is 0 Å². The molecule has 0 saturated carbocycles. The Morgan fingerprint density at radius 3 is 2.77 bits per heavy atom. The Morgan fingerprint density at radius 1 is 1.38 bits per heavy atom. The molecule has 0 saturated heterocycles. The molecule has 0 aliphatic carbocycles. The minimum Gasteiger partial charge on any atom is -0.319 e. The zero-order valence-electron chi connectivity index (χ0n) is 8.54. The topological polar surface area (TPSA) is 37.8 Å². The molecule has 1 aromatic heterocycles. The largest absolute Gasteiger partial charge is 0.319 e. The van der Waals surface area contributed by atoms with Crippen molar-refractivity contribution in [3.8, 4) is 0 Å². The Morgan fingerprint density at radius 2 is 2.15 bits per heavy atom. The standard InChI is InChI=1S/C10H17N3/c1-8(2)10-6-9(4-5-11-3)12-7-13-10/h6-8,11H,4-5H2,1-3H3. The molecule has 1 heterocycles. The van der Waals surface area contributed by atoms with Crippen LogP contribution in [0.4, 0.5) is 0 Å². The summed E-state index contributed by atoms with van der Waals surface area (Å²) < 4.78 is 0. The van der Waals surface area contributed by atoms with Gasteiger partial charge in [-0.3, -0.25) is 0 Å². The lowest BCUT2D eigenvalue weighted by molar-refractivity contribution is 0.756. The summed E-state index contributed by atoms with van der Waals surface area (Å²) >= 11 is 0. The summed E-state index contributed by atoms with van der Waals surface area (Å²) in [6, 6.07) is 2.09. The molecule has 1 rings (SSSR count). The van der Waals surface area contributed by atoms with Gasteiger partial charge in [-0.2, -0.15) is 0 Å². The van der Waals surface area contributed by atoms with Gasteiger partial charge in [-0.05, 0) is 19.0 Å². The molecule has 0 spiro atoms. The van der Waals surface area contributed by atoms with Gasteiger partial charge in [0.1, 0.15) is 6.33 Å². The fourth-order valence-corrected chi connectivity index (χ4v) is 1.12. The van der Waals surface area contributed by atoms with E-state index in [0.717, 1.165) is 24.4 Å². The highest BCUT2D eigenvalue weighted by Gasteiger charge is 2.01. The molecule has 0 unspecified atom stereocenters. The van der Waals surface area contributed by atoms with E-state index in [1.807, 2.05) is 7.05 Å². The molecular weight excluding hydrogens is 162 g/mol. The molecule has 0 amide bonds. The highest BCUT2D eigenvalue weighted by Crippen LogP contribution is 2.10. The number of likely N-dealkylation sites (N-methyl/N-ethyl adjacent to an activating group) is 1. The number of rotatable bonds is 4. The number of nitrogens with zero attached hydrogens (tertiary/aromatic N) is 2. The van der Waals surface area contributed by atoms with Crippen molar-refractivity contribution < 1.29 is 0 Å². The van der Waals surface area contributed by atoms with Crippen LogP contribution in [0.3, 0.4) is 0 Å². The van der Waals surface area contributed by atoms with Crippen molar-refractivity contribution in [2.24, 2.45) is 0 Å². The van der Waals surface area contributed by atoms with Crippen LogP contribution >= 0.6 is 0 Å². The van der Waals surface area contributed by atoms with Crippen LogP contribution in [0.2, 0.25) is 0 Å². The highest BCUT2D eigenvalue weighted by atomic mass is 14.9. The van der Waals surface area contributed by atoms with E-state index in [1.54, 1.807) is 6.33 Å². The van der Waals surface area contributed by atoms with E-state index in [1.165, 1.54) is 0 Å². The summed E-state index contributed by atoms with van der Waals surface area (Å²) in [5, 5.41) is 3.10. The lowest BCUT2D eigenvalue weighted by atomic mass is 10.1. The lowest BCUT2D eigenvalue weighted by Crippen LogP contribution is -2.11. The molecule has 0 atom stereocenters. The predicted molar refractivity (Wildman–Crippen MR) is 53.8 cm³/mol. The summed E-state index contributed by atoms with van der Waals surface area (Å²) in [4.78, 5) is 8.42. The Kier molecular flexibility index (Phi) is 3.83. The molecule has 0 aliphatic heterocycles. The van der Waals surface area contributed by atoms with E-state index < -0.39 is 0 Å². The minimum atomic E-state index is 0.483. The van der Waals surface area contributed by atoms with Crippen molar-refractivity contribution in [2.75, 3.05) is 13.6 Å². The number of hydrogen-bond acceptors (Lipinski definition) is 3. The fourth-order valence-electron chi connectivity index (χ4n) is 1.12. The van der Waals surface area contributed by atoms with Crippen LogP contribution in [0.1, 0.15) is 31.2 Å². The quantitative estimate of drug-likeness (QED) is 0.758. The van der Waals surface area contributed by atoms with Crippen molar-refractivity contribution in [1.82, 2.24) is 15.3 Å². The van der Waals surface area contributed by atoms with Crippen molar-refractivity contribution in [3.05, 3.63) is 23.8 Å². The fraction of sp³-hybridized carbons (Fsp3) is 0.600. The Hall–Kier alpha value is -0.960. The number of nitrogens with one attached hydrogen (secondary N) is 1. The summed E-state index contributed by atoms with van der Waals surface area (Å²) in [5.41, 5.74) is 2.24. The summed E-state index contributed by atoms with van der Waals surface area (Å²) in [6.45, 7) is 5.25. The molecule has 1 N–H and O–H groups in total. The third-order valence-corrected chi connectivity index (χ3v) is 1.97. The predicted octanol–water partition coefficient (Wildman–Crippen LogP) is 1.36. The van der Waals surface area contributed by atoms with Gasteiger partial charge in [0.25, 0.3) is 0 Å². The maximum absolute atomic E-state index is 4.22. The zero-order chi connectivity index (χ0) is 9.68. The molecule has 0 radical (unpaired) electrons. The van der Waals surface area contributed by atoms with Crippen LogP contribution in [0.25, 0.3) is 0 Å². The molecule has 0 aromatic carbocycles. The maximum Gasteiger partial charge on any atom is 0.115 e. The molecule has 0 fully saturated rings. The third kappa shape index (κ3) is 3.11. The first-order valence-corrected chi connectivity index (χ1v) is 4.69. The lowest BCUT2D eigenvalue weighted by Gasteiger charge is -2.05. The van der Waals surface area contributed by atoms with E-state index in [4.69, 9.17) is 0 Å². The Bertz CT molecular complexity index is 258. The molecule has 3 nitrogen and oxygen atoms in total.